The fourth-order valence-corrected chi connectivity index (χ4v) is 5.01. The lowest BCUT2D eigenvalue weighted by molar-refractivity contribution is -0.121. The molecule has 8 heteroatoms. The Bertz CT molecular complexity index is 1580. The summed E-state index contributed by atoms with van der Waals surface area (Å²) in [4.78, 5) is 22.0. The zero-order valence-corrected chi connectivity index (χ0v) is 21.3. The van der Waals surface area contributed by atoms with Gasteiger partial charge in [0.1, 0.15) is 17.5 Å². The second-order valence-corrected chi connectivity index (χ2v) is 9.83. The molecule has 5 rings (SSSR count). The van der Waals surface area contributed by atoms with Gasteiger partial charge in [0.05, 0.1) is 18.2 Å². The van der Waals surface area contributed by atoms with Gasteiger partial charge in [0.25, 0.3) is 0 Å². The van der Waals surface area contributed by atoms with E-state index in [4.69, 9.17) is 0 Å². The second-order valence-electron chi connectivity index (χ2n) is 8.95. The van der Waals surface area contributed by atoms with Gasteiger partial charge in [0.15, 0.2) is 0 Å². The zero-order valence-electron chi connectivity index (χ0n) is 20.5. The smallest absolute Gasteiger partial charge is 0.225 e. The average molecular weight is 532 g/mol. The summed E-state index contributed by atoms with van der Waals surface area (Å²) >= 11 is 1.63. The lowest BCUT2D eigenvalue weighted by Gasteiger charge is -2.22. The van der Waals surface area contributed by atoms with Crippen LogP contribution in [-0.4, -0.2) is 22.1 Å². The number of amides is 1. The molecule has 0 aliphatic heterocycles. The van der Waals surface area contributed by atoms with E-state index in [-0.39, 0.29) is 18.7 Å². The molecule has 1 amide bonds. The first-order valence-corrected chi connectivity index (χ1v) is 13.2. The summed E-state index contributed by atoms with van der Waals surface area (Å²) in [5.41, 5.74) is 4.03. The normalized spacial score (nSPS) is 12.0. The van der Waals surface area contributed by atoms with Crippen molar-refractivity contribution in [3.8, 4) is 11.1 Å². The average Bonchev–Trinajstić information content (AvgIpc) is 3.29. The van der Waals surface area contributed by atoms with Crippen molar-refractivity contribution in [1.82, 2.24) is 15.3 Å². The molecule has 0 radical (unpaired) electrons. The summed E-state index contributed by atoms with van der Waals surface area (Å²) in [6.07, 6.45) is 5.41. The lowest BCUT2D eigenvalue weighted by Crippen LogP contribution is -2.32. The minimum Gasteiger partial charge on any atom is -0.361 e. The van der Waals surface area contributed by atoms with Crippen LogP contribution in [0.2, 0.25) is 0 Å². The summed E-state index contributed by atoms with van der Waals surface area (Å²) in [5.74, 6) is -2.11. The van der Waals surface area contributed by atoms with Gasteiger partial charge in [-0.15, -0.1) is 11.8 Å². The Balaban J connectivity index is 1.49. The minimum atomic E-state index is -0.695. The first kappa shape index (κ1) is 25.6. The van der Waals surface area contributed by atoms with Crippen molar-refractivity contribution in [2.75, 3.05) is 6.26 Å². The van der Waals surface area contributed by atoms with Crippen LogP contribution >= 0.6 is 11.8 Å². The molecule has 192 valence electrons. The van der Waals surface area contributed by atoms with Crippen molar-refractivity contribution in [2.24, 2.45) is 0 Å². The molecule has 4 nitrogen and oxygen atoms in total. The van der Waals surface area contributed by atoms with Crippen LogP contribution in [0.15, 0.2) is 90.1 Å². The third-order valence-corrected chi connectivity index (χ3v) is 7.09. The fraction of sp³-hybridized carbons (Fsp3) is 0.133. The van der Waals surface area contributed by atoms with Gasteiger partial charge in [0.2, 0.25) is 5.91 Å². The van der Waals surface area contributed by atoms with Crippen molar-refractivity contribution in [3.05, 3.63) is 119 Å². The molecule has 38 heavy (non-hydrogen) atoms. The summed E-state index contributed by atoms with van der Waals surface area (Å²) in [6.45, 7) is 0. The molecule has 1 atom stereocenters. The van der Waals surface area contributed by atoms with E-state index in [0.717, 1.165) is 27.6 Å². The van der Waals surface area contributed by atoms with Crippen LogP contribution in [0.3, 0.4) is 0 Å². The fourth-order valence-electron chi connectivity index (χ4n) is 4.61. The van der Waals surface area contributed by atoms with Gasteiger partial charge in [0, 0.05) is 39.8 Å². The van der Waals surface area contributed by atoms with Crippen LogP contribution in [0.1, 0.15) is 22.9 Å². The third kappa shape index (κ3) is 5.75. The van der Waals surface area contributed by atoms with E-state index < -0.39 is 23.5 Å². The molecular formula is C30H24F3N3OS. The third-order valence-electron chi connectivity index (χ3n) is 6.35. The number of halogens is 3. The standard InChI is InChI=1S/C30H24F3N3OS/c1-38-24-7-4-19(5-8-24)25-3-2-10-34-30(25)28(13-18-11-22(32)15-23(33)12-18)36-29(37)14-20-17-35-27-9-6-21(31)16-26(20)27/h2-12,15-17,28,35H,13-14H2,1H3,(H,36,37). The van der Waals surface area contributed by atoms with E-state index in [9.17, 15) is 18.0 Å². The van der Waals surface area contributed by atoms with E-state index >= 15 is 0 Å². The number of thioether (sulfide) groups is 1. The molecule has 0 saturated carbocycles. The number of H-pyrrole nitrogens is 1. The number of nitrogens with zero attached hydrogens (tertiary/aromatic N) is 1. The monoisotopic (exact) mass is 531 g/mol. The van der Waals surface area contributed by atoms with Crippen molar-refractivity contribution in [2.45, 2.75) is 23.8 Å². The van der Waals surface area contributed by atoms with E-state index in [1.807, 2.05) is 42.7 Å². The molecule has 2 N–H and O–H groups in total. The maximum Gasteiger partial charge on any atom is 0.225 e. The van der Waals surface area contributed by atoms with E-state index in [1.54, 1.807) is 30.2 Å². The lowest BCUT2D eigenvalue weighted by atomic mass is 9.95. The summed E-state index contributed by atoms with van der Waals surface area (Å²) in [7, 11) is 0. The van der Waals surface area contributed by atoms with E-state index in [1.165, 1.54) is 24.3 Å². The Morgan fingerprint density at radius 3 is 2.47 bits per heavy atom. The molecule has 5 aromatic rings. The van der Waals surface area contributed by atoms with Gasteiger partial charge in [-0.25, -0.2) is 13.2 Å². The Labute approximate surface area is 222 Å². The molecule has 2 aromatic heterocycles. The Morgan fingerprint density at radius 2 is 1.74 bits per heavy atom. The van der Waals surface area contributed by atoms with Crippen molar-refractivity contribution >= 4 is 28.6 Å². The molecule has 0 fully saturated rings. The molecule has 2 heterocycles. The number of aromatic amines is 1. The number of aromatic nitrogens is 2. The van der Waals surface area contributed by atoms with Gasteiger partial charge in [-0.3, -0.25) is 9.78 Å². The number of carbonyl (C=O) groups excluding carboxylic acids is 1. The van der Waals surface area contributed by atoms with Crippen molar-refractivity contribution in [3.63, 3.8) is 0 Å². The number of hydrogen-bond donors (Lipinski definition) is 2. The highest BCUT2D eigenvalue weighted by Crippen LogP contribution is 2.30. The minimum absolute atomic E-state index is 0.0119. The topological polar surface area (TPSA) is 57.8 Å². The number of pyridine rings is 1. The molecule has 0 bridgehead atoms. The van der Waals surface area contributed by atoms with Gasteiger partial charge in [-0.2, -0.15) is 0 Å². The molecular weight excluding hydrogens is 507 g/mol. The summed E-state index contributed by atoms with van der Waals surface area (Å²) in [5, 5.41) is 3.63. The predicted octanol–water partition coefficient (Wildman–Crippen LogP) is 7.01. The molecule has 0 spiro atoms. The quantitative estimate of drug-likeness (QED) is 0.212. The zero-order chi connectivity index (χ0) is 26.6. The van der Waals surface area contributed by atoms with E-state index in [0.29, 0.717) is 22.2 Å². The highest BCUT2D eigenvalue weighted by molar-refractivity contribution is 7.98. The first-order chi connectivity index (χ1) is 18.4. The maximum atomic E-state index is 14.0. The Hall–Kier alpha value is -4.04. The van der Waals surface area contributed by atoms with E-state index in [2.05, 4.69) is 15.3 Å². The predicted molar refractivity (Wildman–Crippen MR) is 144 cm³/mol. The highest BCUT2D eigenvalue weighted by atomic mass is 32.2. The SMILES string of the molecule is CSc1ccc(-c2cccnc2C(Cc2cc(F)cc(F)c2)NC(=O)Cc2c[nH]c3ccc(F)cc23)cc1. The molecule has 3 aromatic carbocycles. The first-order valence-electron chi connectivity index (χ1n) is 12.0. The largest absolute Gasteiger partial charge is 0.361 e. The second kappa shape index (κ2) is 11.1. The van der Waals surface area contributed by atoms with Gasteiger partial charge >= 0.3 is 0 Å². The molecule has 0 aliphatic carbocycles. The van der Waals surface area contributed by atoms with Crippen LogP contribution < -0.4 is 5.32 Å². The number of hydrogen-bond acceptors (Lipinski definition) is 3. The Morgan fingerprint density at radius 1 is 0.974 bits per heavy atom. The summed E-state index contributed by atoms with van der Waals surface area (Å²) < 4.78 is 41.9. The van der Waals surface area contributed by atoms with Crippen molar-refractivity contribution in [1.29, 1.82) is 0 Å². The summed E-state index contributed by atoms with van der Waals surface area (Å²) in [6, 6.07) is 18.7. The highest BCUT2D eigenvalue weighted by Gasteiger charge is 2.22. The maximum absolute atomic E-state index is 14.0. The van der Waals surface area contributed by atoms with Crippen LogP contribution in [0, 0.1) is 17.5 Å². The van der Waals surface area contributed by atoms with Crippen LogP contribution in [0.5, 0.6) is 0 Å². The van der Waals surface area contributed by atoms with Crippen molar-refractivity contribution < 1.29 is 18.0 Å². The number of fused-ring (bicyclic) bond motifs is 1. The molecule has 0 aliphatic rings. The van der Waals surface area contributed by atoms with Gasteiger partial charge in [-0.1, -0.05) is 18.2 Å². The van der Waals surface area contributed by atoms with Gasteiger partial charge in [-0.05, 0) is 77.9 Å². The molecule has 0 saturated heterocycles. The van der Waals surface area contributed by atoms with Gasteiger partial charge < -0.3 is 10.3 Å². The number of benzene rings is 3. The Kier molecular flexibility index (Phi) is 7.51. The number of carbonyl (C=O) groups is 1. The number of rotatable bonds is 8. The van der Waals surface area contributed by atoms with Crippen LogP contribution in [0.25, 0.3) is 22.0 Å². The van der Waals surface area contributed by atoms with Crippen LogP contribution in [0.4, 0.5) is 13.2 Å². The van der Waals surface area contributed by atoms with Crippen LogP contribution in [-0.2, 0) is 17.6 Å². The number of nitrogens with one attached hydrogen (secondary N) is 2. The molecule has 1 unspecified atom stereocenters.